The highest BCUT2D eigenvalue weighted by Crippen LogP contribution is 2.25. The maximum atomic E-state index is 5.78. The second-order valence-corrected chi connectivity index (χ2v) is 4.95. The molecule has 2 rings (SSSR count). The van der Waals surface area contributed by atoms with Crippen molar-refractivity contribution in [1.82, 2.24) is 9.88 Å². The van der Waals surface area contributed by atoms with Crippen LogP contribution in [0.2, 0.25) is 0 Å². The van der Waals surface area contributed by atoms with Crippen LogP contribution in [0, 0.1) is 0 Å². The van der Waals surface area contributed by atoms with Crippen molar-refractivity contribution in [1.29, 1.82) is 0 Å². The summed E-state index contributed by atoms with van der Waals surface area (Å²) in [5.41, 5.74) is 6.37. The van der Waals surface area contributed by atoms with Gasteiger partial charge in [0, 0.05) is 19.1 Å². The molecule has 0 unspecified atom stereocenters. The summed E-state index contributed by atoms with van der Waals surface area (Å²) in [5.74, 6) is 1.47. The van der Waals surface area contributed by atoms with Gasteiger partial charge in [0.25, 0.3) is 0 Å². The number of nitrogens with two attached hydrogens (primary N) is 1. The largest absolute Gasteiger partial charge is 0.479 e. The van der Waals surface area contributed by atoms with Gasteiger partial charge in [0.2, 0.25) is 5.88 Å². The molecule has 0 bridgehead atoms. The van der Waals surface area contributed by atoms with E-state index in [1.54, 1.807) is 7.11 Å². The first-order chi connectivity index (χ1) is 8.61. The fraction of sp³-hybridized carbons (Fsp3) is 0.615. The maximum absolute atomic E-state index is 5.78. The summed E-state index contributed by atoms with van der Waals surface area (Å²) in [4.78, 5) is 9.04. The summed E-state index contributed by atoms with van der Waals surface area (Å²) in [6, 6.07) is 4.50. The van der Waals surface area contributed by atoms with Crippen molar-refractivity contribution in [3.05, 3.63) is 12.1 Å². The third-order valence-electron chi connectivity index (χ3n) is 3.59. The number of aromatic nitrogens is 1. The third kappa shape index (κ3) is 2.67. The standard InChI is InChI=1S/C13H22N4O/c1-16(2)10-6-8-17(9-7-10)12-5-4-11(14)13(15-12)18-3/h4-5,10H,6-9,14H2,1-3H3. The molecule has 2 heterocycles. The number of hydrogen-bond donors (Lipinski definition) is 1. The molecule has 0 spiro atoms. The Balaban J connectivity index is 2.05. The van der Waals surface area contributed by atoms with Gasteiger partial charge in [-0.3, -0.25) is 0 Å². The minimum Gasteiger partial charge on any atom is -0.479 e. The molecule has 0 atom stereocenters. The Bertz CT molecular complexity index is 400. The molecule has 1 saturated heterocycles. The van der Waals surface area contributed by atoms with Crippen LogP contribution >= 0.6 is 0 Å². The molecule has 1 aromatic rings. The number of rotatable bonds is 3. The topological polar surface area (TPSA) is 54.6 Å². The maximum Gasteiger partial charge on any atom is 0.238 e. The SMILES string of the molecule is COc1nc(N2CCC(N(C)C)CC2)ccc1N. The van der Waals surface area contributed by atoms with Gasteiger partial charge >= 0.3 is 0 Å². The number of anilines is 2. The molecule has 0 saturated carbocycles. The lowest BCUT2D eigenvalue weighted by atomic mass is 10.0. The van der Waals surface area contributed by atoms with Gasteiger partial charge in [0.05, 0.1) is 12.8 Å². The molecule has 0 radical (unpaired) electrons. The molecule has 18 heavy (non-hydrogen) atoms. The molecule has 100 valence electrons. The summed E-state index contributed by atoms with van der Waals surface area (Å²) in [6.07, 6.45) is 2.34. The van der Waals surface area contributed by atoms with Crippen LogP contribution in [0.3, 0.4) is 0 Å². The molecule has 1 aromatic heterocycles. The summed E-state index contributed by atoms with van der Waals surface area (Å²) in [7, 11) is 5.89. The zero-order chi connectivity index (χ0) is 13.1. The van der Waals surface area contributed by atoms with Gasteiger partial charge in [-0.1, -0.05) is 0 Å². The van der Waals surface area contributed by atoms with Gasteiger partial charge in [-0.2, -0.15) is 4.98 Å². The van der Waals surface area contributed by atoms with E-state index in [0.29, 0.717) is 17.6 Å². The Kier molecular flexibility index (Phi) is 3.91. The van der Waals surface area contributed by atoms with E-state index in [0.717, 1.165) is 18.9 Å². The molecule has 1 fully saturated rings. The van der Waals surface area contributed by atoms with E-state index < -0.39 is 0 Å². The number of piperidine rings is 1. The lowest BCUT2D eigenvalue weighted by Gasteiger charge is -2.35. The van der Waals surface area contributed by atoms with Crippen LogP contribution in [0.5, 0.6) is 5.88 Å². The first-order valence-corrected chi connectivity index (χ1v) is 6.33. The highest BCUT2D eigenvalue weighted by Gasteiger charge is 2.21. The molecule has 5 nitrogen and oxygen atoms in total. The van der Waals surface area contributed by atoms with Crippen LogP contribution < -0.4 is 15.4 Å². The van der Waals surface area contributed by atoms with Gasteiger partial charge in [0.1, 0.15) is 5.82 Å². The van der Waals surface area contributed by atoms with Crippen molar-refractivity contribution in [2.45, 2.75) is 18.9 Å². The number of methoxy groups -OCH3 is 1. The molecular weight excluding hydrogens is 228 g/mol. The first-order valence-electron chi connectivity index (χ1n) is 6.33. The number of ether oxygens (including phenoxy) is 1. The highest BCUT2D eigenvalue weighted by molar-refractivity contribution is 5.54. The summed E-state index contributed by atoms with van der Waals surface area (Å²) in [6.45, 7) is 2.06. The van der Waals surface area contributed by atoms with Crippen LogP contribution in [0.1, 0.15) is 12.8 Å². The van der Waals surface area contributed by atoms with E-state index >= 15 is 0 Å². The molecule has 1 aliphatic heterocycles. The summed E-state index contributed by atoms with van der Waals surface area (Å²) < 4.78 is 5.16. The predicted molar refractivity (Wildman–Crippen MR) is 74.1 cm³/mol. The van der Waals surface area contributed by atoms with E-state index in [4.69, 9.17) is 10.5 Å². The average Bonchev–Trinajstić information content (AvgIpc) is 2.39. The Hall–Kier alpha value is -1.49. The number of pyridine rings is 1. The zero-order valence-electron chi connectivity index (χ0n) is 11.4. The predicted octanol–water partition coefficient (Wildman–Crippen LogP) is 1.20. The van der Waals surface area contributed by atoms with Gasteiger partial charge in [-0.25, -0.2) is 0 Å². The highest BCUT2D eigenvalue weighted by atomic mass is 16.5. The van der Waals surface area contributed by atoms with Crippen LogP contribution in [-0.4, -0.2) is 50.2 Å². The monoisotopic (exact) mass is 250 g/mol. The average molecular weight is 250 g/mol. The van der Waals surface area contributed by atoms with E-state index in [9.17, 15) is 0 Å². The van der Waals surface area contributed by atoms with Crippen LogP contribution in [0.4, 0.5) is 11.5 Å². The second-order valence-electron chi connectivity index (χ2n) is 4.95. The molecule has 0 aliphatic carbocycles. The number of hydrogen-bond acceptors (Lipinski definition) is 5. The third-order valence-corrected chi connectivity index (χ3v) is 3.59. The lowest BCUT2D eigenvalue weighted by Crippen LogP contribution is -2.42. The first kappa shape index (κ1) is 13.0. The van der Waals surface area contributed by atoms with E-state index in [1.165, 1.54) is 12.8 Å². The Labute approximate surface area is 109 Å². The fourth-order valence-electron chi connectivity index (χ4n) is 2.39. The molecule has 0 amide bonds. The molecule has 2 N–H and O–H groups in total. The van der Waals surface area contributed by atoms with E-state index in [2.05, 4.69) is 28.9 Å². The van der Waals surface area contributed by atoms with Gasteiger partial charge in [0.15, 0.2) is 0 Å². The Morgan fingerprint density at radius 3 is 2.56 bits per heavy atom. The van der Waals surface area contributed by atoms with Gasteiger partial charge in [-0.05, 0) is 39.1 Å². The number of nitrogens with zero attached hydrogens (tertiary/aromatic N) is 3. The Morgan fingerprint density at radius 1 is 1.33 bits per heavy atom. The minimum absolute atomic E-state index is 0.516. The van der Waals surface area contributed by atoms with Crippen molar-refractivity contribution >= 4 is 11.5 Å². The van der Waals surface area contributed by atoms with E-state index in [-0.39, 0.29) is 0 Å². The zero-order valence-corrected chi connectivity index (χ0v) is 11.4. The molecular formula is C13H22N4O. The lowest BCUT2D eigenvalue weighted by molar-refractivity contribution is 0.249. The quantitative estimate of drug-likeness (QED) is 0.873. The van der Waals surface area contributed by atoms with Gasteiger partial charge in [-0.15, -0.1) is 0 Å². The van der Waals surface area contributed by atoms with Crippen molar-refractivity contribution in [3.8, 4) is 5.88 Å². The molecule has 1 aliphatic rings. The van der Waals surface area contributed by atoms with Crippen LogP contribution in [-0.2, 0) is 0 Å². The second kappa shape index (κ2) is 5.44. The minimum atomic E-state index is 0.516. The smallest absolute Gasteiger partial charge is 0.238 e. The fourth-order valence-corrected chi connectivity index (χ4v) is 2.39. The molecule has 5 heteroatoms. The van der Waals surface area contributed by atoms with E-state index in [1.807, 2.05) is 12.1 Å². The Morgan fingerprint density at radius 2 is 2.00 bits per heavy atom. The molecule has 0 aromatic carbocycles. The van der Waals surface area contributed by atoms with Crippen molar-refractivity contribution < 1.29 is 4.74 Å². The van der Waals surface area contributed by atoms with Crippen LogP contribution in [0.15, 0.2) is 12.1 Å². The van der Waals surface area contributed by atoms with Gasteiger partial charge < -0.3 is 20.3 Å². The van der Waals surface area contributed by atoms with Crippen LogP contribution in [0.25, 0.3) is 0 Å². The van der Waals surface area contributed by atoms with Crippen molar-refractivity contribution in [3.63, 3.8) is 0 Å². The van der Waals surface area contributed by atoms with Crippen molar-refractivity contribution in [2.75, 3.05) is 44.9 Å². The number of nitrogen functional groups attached to an aromatic ring is 1. The van der Waals surface area contributed by atoms with Crippen molar-refractivity contribution in [2.24, 2.45) is 0 Å². The summed E-state index contributed by atoms with van der Waals surface area (Å²) >= 11 is 0. The normalized spacial score (nSPS) is 17.2. The summed E-state index contributed by atoms with van der Waals surface area (Å²) in [5, 5.41) is 0.